The van der Waals surface area contributed by atoms with Crippen LogP contribution in [0.3, 0.4) is 0 Å². The Kier molecular flexibility index (Phi) is 7.60. The Hall–Kier alpha value is -2.93. The van der Waals surface area contributed by atoms with Gasteiger partial charge in [0.2, 0.25) is 11.8 Å². The molecule has 0 radical (unpaired) electrons. The molecule has 176 valence electrons. The number of nitrogens with one attached hydrogen (secondary N) is 1. The van der Waals surface area contributed by atoms with E-state index >= 15 is 0 Å². The number of likely N-dealkylation sites (tertiary alicyclic amines) is 1. The van der Waals surface area contributed by atoms with Crippen molar-refractivity contribution in [1.82, 2.24) is 9.80 Å². The van der Waals surface area contributed by atoms with Gasteiger partial charge >= 0.3 is 0 Å². The SMILES string of the molecule is CCCC(=O)Nc1ccc(N2CCN(C(C(=O)N3CCCC3)c3ccccc3)CC2)c(F)c1. The van der Waals surface area contributed by atoms with E-state index in [1.54, 1.807) is 12.1 Å². The third-order valence-electron chi connectivity index (χ3n) is 6.50. The number of piperazine rings is 1. The molecule has 7 heteroatoms. The van der Waals surface area contributed by atoms with Crippen molar-refractivity contribution in [3.05, 3.63) is 59.9 Å². The molecule has 2 fully saturated rings. The molecule has 2 aromatic carbocycles. The average molecular weight is 453 g/mol. The first kappa shape index (κ1) is 23.2. The van der Waals surface area contributed by atoms with Crippen molar-refractivity contribution in [3.63, 3.8) is 0 Å². The molecule has 0 saturated carbocycles. The highest BCUT2D eigenvalue weighted by molar-refractivity contribution is 5.90. The van der Waals surface area contributed by atoms with Gasteiger partial charge in [-0.15, -0.1) is 0 Å². The molecular weight excluding hydrogens is 419 g/mol. The van der Waals surface area contributed by atoms with E-state index in [4.69, 9.17) is 0 Å². The van der Waals surface area contributed by atoms with Crippen LogP contribution in [0, 0.1) is 5.82 Å². The first-order valence-electron chi connectivity index (χ1n) is 12.0. The molecule has 4 rings (SSSR count). The normalized spacial score (nSPS) is 17.8. The lowest BCUT2D eigenvalue weighted by Crippen LogP contribution is -2.51. The molecule has 33 heavy (non-hydrogen) atoms. The van der Waals surface area contributed by atoms with Gasteiger partial charge in [0.15, 0.2) is 0 Å². The first-order chi connectivity index (χ1) is 16.1. The van der Waals surface area contributed by atoms with Crippen molar-refractivity contribution in [2.45, 2.75) is 38.6 Å². The van der Waals surface area contributed by atoms with Gasteiger partial charge in [0.05, 0.1) is 5.69 Å². The Labute approximate surface area is 195 Å². The summed E-state index contributed by atoms with van der Waals surface area (Å²) < 4.78 is 14.9. The molecule has 6 nitrogen and oxygen atoms in total. The van der Waals surface area contributed by atoms with Gasteiger partial charge in [-0.2, -0.15) is 0 Å². The number of carbonyl (C=O) groups is 2. The second-order valence-electron chi connectivity index (χ2n) is 8.83. The fourth-order valence-electron chi connectivity index (χ4n) is 4.77. The first-order valence-corrected chi connectivity index (χ1v) is 12.0. The summed E-state index contributed by atoms with van der Waals surface area (Å²) in [6, 6.07) is 14.5. The van der Waals surface area contributed by atoms with Gasteiger partial charge in [0.25, 0.3) is 0 Å². The molecule has 2 aliphatic rings. The third kappa shape index (κ3) is 5.53. The van der Waals surface area contributed by atoms with E-state index in [0.29, 0.717) is 44.0 Å². The van der Waals surface area contributed by atoms with Crippen molar-refractivity contribution in [3.8, 4) is 0 Å². The van der Waals surface area contributed by atoms with Crippen LogP contribution in [0.15, 0.2) is 48.5 Å². The smallest absolute Gasteiger partial charge is 0.244 e. The summed E-state index contributed by atoms with van der Waals surface area (Å²) in [6.07, 6.45) is 3.30. The van der Waals surface area contributed by atoms with Crippen LogP contribution in [0.4, 0.5) is 15.8 Å². The molecule has 0 aliphatic carbocycles. The van der Waals surface area contributed by atoms with E-state index in [9.17, 15) is 14.0 Å². The highest BCUT2D eigenvalue weighted by atomic mass is 19.1. The fraction of sp³-hybridized carbons (Fsp3) is 0.462. The number of amides is 2. The van der Waals surface area contributed by atoms with Crippen LogP contribution < -0.4 is 10.2 Å². The van der Waals surface area contributed by atoms with E-state index in [2.05, 4.69) is 10.2 Å². The second kappa shape index (κ2) is 10.8. The minimum Gasteiger partial charge on any atom is -0.367 e. The Balaban J connectivity index is 1.44. The maximum absolute atomic E-state index is 14.9. The van der Waals surface area contributed by atoms with E-state index in [1.165, 1.54) is 6.07 Å². The zero-order valence-electron chi connectivity index (χ0n) is 19.3. The van der Waals surface area contributed by atoms with Crippen LogP contribution >= 0.6 is 0 Å². The van der Waals surface area contributed by atoms with Crippen LogP contribution in [-0.4, -0.2) is 60.9 Å². The molecule has 2 aromatic rings. The third-order valence-corrected chi connectivity index (χ3v) is 6.50. The summed E-state index contributed by atoms with van der Waals surface area (Å²) in [5.41, 5.74) is 2.03. The van der Waals surface area contributed by atoms with E-state index in [0.717, 1.165) is 37.9 Å². The lowest BCUT2D eigenvalue weighted by atomic mass is 10.0. The van der Waals surface area contributed by atoms with Crippen LogP contribution in [0.25, 0.3) is 0 Å². The van der Waals surface area contributed by atoms with Gasteiger partial charge in [0.1, 0.15) is 11.9 Å². The molecule has 2 amide bonds. The van der Waals surface area contributed by atoms with E-state index in [-0.39, 0.29) is 23.7 Å². The molecule has 2 heterocycles. The Morgan fingerprint density at radius 2 is 1.67 bits per heavy atom. The predicted octanol–water partition coefficient (Wildman–Crippen LogP) is 4.05. The fourth-order valence-corrected chi connectivity index (χ4v) is 4.77. The van der Waals surface area contributed by atoms with Crippen molar-refractivity contribution < 1.29 is 14.0 Å². The minimum absolute atomic E-state index is 0.104. The Bertz CT molecular complexity index is 954. The zero-order valence-corrected chi connectivity index (χ0v) is 19.3. The highest BCUT2D eigenvalue weighted by Crippen LogP contribution is 2.29. The van der Waals surface area contributed by atoms with Crippen LogP contribution in [0.5, 0.6) is 0 Å². The van der Waals surface area contributed by atoms with Crippen LogP contribution in [-0.2, 0) is 9.59 Å². The molecule has 1 N–H and O–H groups in total. The monoisotopic (exact) mass is 452 g/mol. The minimum atomic E-state index is -0.342. The Morgan fingerprint density at radius 3 is 2.30 bits per heavy atom. The van der Waals surface area contributed by atoms with Gasteiger partial charge < -0.3 is 15.1 Å². The lowest BCUT2D eigenvalue weighted by Gasteiger charge is -2.40. The number of halogens is 1. The van der Waals surface area contributed by atoms with Gasteiger partial charge in [-0.1, -0.05) is 37.3 Å². The van der Waals surface area contributed by atoms with Gasteiger partial charge in [0, 0.05) is 51.4 Å². The van der Waals surface area contributed by atoms with Gasteiger partial charge in [-0.3, -0.25) is 14.5 Å². The van der Waals surface area contributed by atoms with Crippen molar-refractivity contribution in [2.24, 2.45) is 0 Å². The second-order valence-corrected chi connectivity index (χ2v) is 8.83. The molecule has 2 aliphatic heterocycles. The number of rotatable bonds is 7. The molecular formula is C26H33FN4O2. The van der Waals surface area contributed by atoms with Crippen LogP contribution in [0.2, 0.25) is 0 Å². The van der Waals surface area contributed by atoms with Gasteiger partial charge in [-0.05, 0) is 43.0 Å². The molecule has 0 aromatic heterocycles. The zero-order chi connectivity index (χ0) is 23.2. The average Bonchev–Trinajstić information content (AvgIpc) is 3.36. The standard InChI is InChI=1S/C26H33FN4O2/c1-2-8-24(32)28-21-11-12-23(22(27)19-21)29-15-17-30(18-16-29)25(20-9-4-3-5-10-20)26(33)31-13-6-7-14-31/h3-5,9-12,19,25H,2,6-8,13-18H2,1H3,(H,28,32). The highest BCUT2D eigenvalue weighted by Gasteiger charge is 2.34. The maximum atomic E-state index is 14.9. The van der Waals surface area contributed by atoms with Crippen molar-refractivity contribution in [2.75, 3.05) is 49.5 Å². The summed E-state index contributed by atoms with van der Waals surface area (Å²) >= 11 is 0. The van der Waals surface area contributed by atoms with Crippen molar-refractivity contribution >= 4 is 23.2 Å². The van der Waals surface area contributed by atoms with Crippen LogP contribution in [0.1, 0.15) is 44.2 Å². The summed E-state index contributed by atoms with van der Waals surface area (Å²) in [4.78, 5) is 31.4. The predicted molar refractivity (Wildman–Crippen MR) is 129 cm³/mol. The number of anilines is 2. The van der Waals surface area contributed by atoms with Crippen molar-refractivity contribution in [1.29, 1.82) is 0 Å². The van der Waals surface area contributed by atoms with E-state index in [1.807, 2.05) is 47.1 Å². The Morgan fingerprint density at radius 1 is 0.970 bits per heavy atom. The summed E-state index contributed by atoms with van der Waals surface area (Å²) in [7, 11) is 0. The van der Waals surface area contributed by atoms with Gasteiger partial charge in [-0.25, -0.2) is 4.39 Å². The lowest BCUT2D eigenvalue weighted by molar-refractivity contribution is -0.136. The maximum Gasteiger partial charge on any atom is 0.244 e. The number of hydrogen-bond acceptors (Lipinski definition) is 4. The molecule has 0 bridgehead atoms. The number of carbonyl (C=O) groups excluding carboxylic acids is 2. The summed E-state index contributed by atoms with van der Waals surface area (Å²) in [5, 5.41) is 2.75. The summed E-state index contributed by atoms with van der Waals surface area (Å²) in [5.74, 6) is -0.274. The van der Waals surface area contributed by atoms with E-state index < -0.39 is 0 Å². The largest absolute Gasteiger partial charge is 0.367 e. The topological polar surface area (TPSA) is 55.9 Å². The number of benzene rings is 2. The summed E-state index contributed by atoms with van der Waals surface area (Å²) in [6.45, 7) is 6.21. The quantitative estimate of drug-likeness (QED) is 0.689. The molecule has 2 saturated heterocycles. The number of nitrogens with zero attached hydrogens (tertiary/aromatic N) is 3. The molecule has 0 spiro atoms. The molecule has 1 atom stereocenters. The number of hydrogen-bond donors (Lipinski definition) is 1. The molecule has 1 unspecified atom stereocenters.